The van der Waals surface area contributed by atoms with Crippen LogP contribution in [-0.4, -0.2) is 62.7 Å². The number of nitrogens with one attached hydrogen (secondary N) is 2. The molecule has 1 heterocycles. The van der Waals surface area contributed by atoms with E-state index in [2.05, 4.69) is 51.9 Å². The fourth-order valence-corrected chi connectivity index (χ4v) is 3.24. The van der Waals surface area contributed by atoms with E-state index in [1.807, 2.05) is 18.2 Å². The lowest BCUT2D eigenvalue weighted by atomic mass is 10.1. The number of hydrazone groups is 1. The quantitative estimate of drug-likeness (QED) is 0.352. The van der Waals surface area contributed by atoms with Crippen LogP contribution < -0.4 is 20.2 Å². The van der Waals surface area contributed by atoms with Crippen molar-refractivity contribution in [2.24, 2.45) is 5.10 Å². The molecule has 2 aromatic rings. The Morgan fingerprint density at radius 1 is 1.16 bits per heavy atom. The number of methoxy groups -OCH3 is 1. The monoisotopic (exact) mass is 442 g/mol. The second kappa shape index (κ2) is 12.2. The van der Waals surface area contributed by atoms with Crippen molar-refractivity contribution in [1.29, 1.82) is 0 Å². The highest BCUT2D eigenvalue weighted by molar-refractivity contribution is 7.80. The highest BCUT2D eigenvalue weighted by Gasteiger charge is 2.09. The predicted molar refractivity (Wildman–Crippen MR) is 127 cm³/mol. The molecule has 1 aliphatic heterocycles. The third kappa shape index (κ3) is 7.82. The molecule has 0 radical (unpaired) electrons. The lowest BCUT2D eigenvalue weighted by Crippen LogP contribution is -2.42. The van der Waals surface area contributed by atoms with Gasteiger partial charge in [0.25, 0.3) is 0 Å². The summed E-state index contributed by atoms with van der Waals surface area (Å²) in [6.45, 7) is 7.74. The van der Waals surface area contributed by atoms with Gasteiger partial charge in [0.05, 0.1) is 26.5 Å². The first-order valence-corrected chi connectivity index (χ1v) is 10.8. The third-order valence-electron chi connectivity index (χ3n) is 4.90. The number of hydrogen-bond acceptors (Lipinski definition) is 6. The van der Waals surface area contributed by atoms with Gasteiger partial charge >= 0.3 is 0 Å². The minimum absolute atomic E-state index is 0.465. The van der Waals surface area contributed by atoms with Crippen LogP contribution in [0.3, 0.4) is 0 Å². The van der Waals surface area contributed by atoms with Gasteiger partial charge in [0.1, 0.15) is 6.61 Å². The van der Waals surface area contributed by atoms with Crippen molar-refractivity contribution in [3.63, 3.8) is 0 Å². The molecule has 0 bridgehead atoms. The zero-order valence-corrected chi connectivity index (χ0v) is 18.9. The van der Waals surface area contributed by atoms with E-state index < -0.39 is 0 Å². The van der Waals surface area contributed by atoms with Crippen molar-refractivity contribution >= 4 is 23.5 Å². The molecular weight excluding hydrogens is 412 g/mol. The maximum Gasteiger partial charge on any atom is 0.187 e. The maximum absolute atomic E-state index is 5.97. The molecule has 3 rings (SSSR count). The normalized spacial score (nSPS) is 14.4. The number of ether oxygens (including phenoxy) is 3. The average molecular weight is 443 g/mol. The van der Waals surface area contributed by atoms with Gasteiger partial charge in [0.2, 0.25) is 0 Å². The fourth-order valence-electron chi connectivity index (χ4n) is 3.09. The fraction of sp³-hybridized carbons (Fsp3) is 0.391. The standard InChI is InChI=1S/C23H30N4O3S/c1-18-3-5-19(6-4-18)17-30-22-15-20(7-8-21(22)28-2)16-25-26-23(31)24-9-10-27-11-13-29-14-12-27/h3-8,15-16H,9-14,17H2,1-2H3,(H2,24,26,31)/b25-16+. The Labute approximate surface area is 189 Å². The van der Waals surface area contributed by atoms with Crippen LogP contribution in [0.2, 0.25) is 0 Å². The lowest BCUT2D eigenvalue weighted by Gasteiger charge is -2.26. The molecule has 1 saturated heterocycles. The first-order chi connectivity index (χ1) is 15.1. The van der Waals surface area contributed by atoms with Crippen molar-refractivity contribution in [3.8, 4) is 11.5 Å². The van der Waals surface area contributed by atoms with E-state index in [0.29, 0.717) is 23.2 Å². The third-order valence-corrected chi connectivity index (χ3v) is 5.14. The average Bonchev–Trinajstić information content (AvgIpc) is 2.79. The second-order valence-electron chi connectivity index (χ2n) is 7.26. The zero-order valence-electron chi connectivity index (χ0n) is 18.1. The summed E-state index contributed by atoms with van der Waals surface area (Å²) < 4.78 is 16.7. The molecule has 0 aromatic heterocycles. The van der Waals surface area contributed by atoms with Crippen LogP contribution in [0.5, 0.6) is 11.5 Å². The SMILES string of the molecule is COc1ccc(/C=N/NC(=S)NCCN2CCOCC2)cc1OCc1ccc(C)cc1. The van der Waals surface area contributed by atoms with Crippen molar-refractivity contribution < 1.29 is 14.2 Å². The van der Waals surface area contributed by atoms with Gasteiger partial charge in [0, 0.05) is 26.2 Å². The van der Waals surface area contributed by atoms with Gasteiger partial charge in [-0.25, -0.2) is 0 Å². The van der Waals surface area contributed by atoms with Crippen LogP contribution in [0.25, 0.3) is 0 Å². The minimum atomic E-state index is 0.465. The van der Waals surface area contributed by atoms with Crippen molar-refractivity contribution in [2.45, 2.75) is 13.5 Å². The highest BCUT2D eigenvalue weighted by atomic mass is 32.1. The van der Waals surface area contributed by atoms with Crippen molar-refractivity contribution in [1.82, 2.24) is 15.6 Å². The van der Waals surface area contributed by atoms with E-state index in [0.717, 1.165) is 50.5 Å². The van der Waals surface area contributed by atoms with E-state index in [4.69, 9.17) is 26.4 Å². The van der Waals surface area contributed by atoms with E-state index in [1.54, 1.807) is 13.3 Å². The largest absolute Gasteiger partial charge is 0.493 e. The summed E-state index contributed by atoms with van der Waals surface area (Å²) in [7, 11) is 1.63. The number of morpholine rings is 1. The summed E-state index contributed by atoms with van der Waals surface area (Å²) in [4.78, 5) is 2.35. The Morgan fingerprint density at radius 2 is 1.94 bits per heavy atom. The summed E-state index contributed by atoms with van der Waals surface area (Å²) in [5.74, 6) is 1.34. The molecule has 7 nitrogen and oxygen atoms in total. The molecule has 31 heavy (non-hydrogen) atoms. The summed E-state index contributed by atoms with van der Waals surface area (Å²) in [6.07, 6.45) is 1.70. The second-order valence-corrected chi connectivity index (χ2v) is 7.67. The van der Waals surface area contributed by atoms with Gasteiger partial charge in [-0.15, -0.1) is 0 Å². The Hall–Kier alpha value is -2.68. The molecule has 166 valence electrons. The number of thiocarbonyl (C=S) groups is 1. The molecule has 0 unspecified atom stereocenters. The van der Waals surface area contributed by atoms with Crippen LogP contribution in [-0.2, 0) is 11.3 Å². The van der Waals surface area contributed by atoms with Crippen molar-refractivity contribution in [3.05, 3.63) is 59.2 Å². The molecular formula is C23H30N4O3S. The molecule has 0 saturated carbocycles. The Bertz CT molecular complexity index is 868. The molecule has 0 spiro atoms. The molecule has 1 aliphatic rings. The number of benzene rings is 2. The number of rotatable bonds is 9. The minimum Gasteiger partial charge on any atom is -0.493 e. The molecule has 2 aromatic carbocycles. The summed E-state index contributed by atoms with van der Waals surface area (Å²) >= 11 is 5.28. The van der Waals surface area contributed by atoms with Crippen LogP contribution >= 0.6 is 12.2 Å². The molecule has 0 atom stereocenters. The molecule has 2 N–H and O–H groups in total. The van der Waals surface area contributed by atoms with Gasteiger partial charge < -0.3 is 19.5 Å². The topological polar surface area (TPSA) is 67.4 Å². The summed E-state index contributed by atoms with van der Waals surface area (Å²) in [5.41, 5.74) is 6.05. The van der Waals surface area contributed by atoms with E-state index in [-0.39, 0.29) is 0 Å². The van der Waals surface area contributed by atoms with Gasteiger partial charge in [-0.2, -0.15) is 5.10 Å². The van der Waals surface area contributed by atoms with E-state index >= 15 is 0 Å². The van der Waals surface area contributed by atoms with Gasteiger partial charge in [-0.05, 0) is 48.5 Å². The van der Waals surface area contributed by atoms with E-state index in [9.17, 15) is 0 Å². The molecule has 1 fully saturated rings. The zero-order chi connectivity index (χ0) is 21.9. The van der Waals surface area contributed by atoms with Crippen LogP contribution in [0.4, 0.5) is 0 Å². The Balaban J connectivity index is 1.47. The number of nitrogens with zero attached hydrogens (tertiary/aromatic N) is 2. The molecule has 0 aliphatic carbocycles. The summed E-state index contributed by atoms with van der Waals surface area (Å²) in [6, 6.07) is 13.9. The first-order valence-electron chi connectivity index (χ1n) is 10.4. The molecule has 8 heteroatoms. The first kappa shape index (κ1) is 23.0. The van der Waals surface area contributed by atoms with Gasteiger partial charge in [-0.3, -0.25) is 10.3 Å². The maximum atomic E-state index is 5.97. The predicted octanol–water partition coefficient (Wildman–Crippen LogP) is 2.71. The highest BCUT2D eigenvalue weighted by Crippen LogP contribution is 2.28. The van der Waals surface area contributed by atoms with Crippen LogP contribution in [0.1, 0.15) is 16.7 Å². The summed E-state index contributed by atoms with van der Waals surface area (Å²) in [5, 5.41) is 7.88. The van der Waals surface area contributed by atoms with Gasteiger partial charge in [-0.1, -0.05) is 29.8 Å². The molecule has 0 amide bonds. The Morgan fingerprint density at radius 3 is 2.68 bits per heavy atom. The van der Waals surface area contributed by atoms with Crippen LogP contribution in [0.15, 0.2) is 47.6 Å². The Kier molecular flexibility index (Phi) is 9.08. The number of aryl methyl sites for hydroxylation is 1. The van der Waals surface area contributed by atoms with Gasteiger partial charge in [0.15, 0.2) is 16.6 Å². The lowest BCUT2D eigenvalue weighted by molar-refractivity contribution is 0.0389. The van der Waals surface area contributed by atoms with E-state index in [1.165, 1.54) is 5.56 Å². The van der Waals surface area contributed by atoms with Crippen molar-refractivity contribution in [2.75, 3.05) is 46.5 Å². The van der Waals surface area contributed by atoms with Crippen LogP contribution in [0, 0.1) is 6.92 Å². The smallest absolute Gasteiger partial charge is 0.187 e. The number of hydrogen-bond donors (Lipinski definition) is 2.